The second kappa shape index (κ2) is 47.2. The molecule has 1 N–H and O–H groups in total. The van der Waals surface area contributed by atoms with E-state index in [0.29, 0.717) is 12.8 Å². The van der Waals surface area contributed by atoms with Gasteiger partial charge in [-0.1, -0.05) is 229 Å². The lowest BCUT2D eigenvalue weighted by atomic mass is 10.0. The molecule has 0 radical (unpaired) electrons. The highest BCUT2D eigenvalue weighted by atomic mass is 16.6. The maximum Gasteiger partial charge on any atom is 0.306 e. The van der Waals surface area contributed by atoms with Crippen molar-refractivity contribution in [1.82, 2.24) is 0 Å². The molecule has 0 saturated heterocycles. The minimum Gasteiger partial charge on any atom is -0.462 e. The van der Waals surface area contributed by atoms with Crippen LogP contribution in [0.5, 0.6) is 0 Å². The second-order valence-electron chi connectivity index (χ2n) is 16.2. The molecule has 0 aromatic carbocycles. The fraction of sp³-hybridized carbons (Fsp3) is 0.804. The fourth-order valence-corrected chi connectivity index (χ4v) is 7.02. The first-order valence-corrected chi connectivity index (χ1v) is 24.2. The number of allylic oxidation sites excluding steroid dienone is 8. The van der Waals surface area contributed by atoms with Crippen molar-refractivity contribution in [3.63, 3.8) is 0 Å². The van der Waals surface area contributed by atoms with Gasteiger partial charge in [0.2, 0.25) is 0 Å². The van der Waals surface area contributed by atoms with E-state index in [1.807, 2.05) is 0 Å². The van der Waals surface area contributed by atoms with Crippen molar-refractivity contribution in [2.24, 2.45) is 0 Å². The Morgan fingerprint density at radius 1 is 0.429 bits per heavy atom. The molecule has 0 fully saturated rings. The first-order chi connectivity index (χ1) is 27.6. The molecule has 326 valence electrons. The van der Waals surface area contributed by atoms with Gasteiger partial charge < -0.3 is 14.6 Å². The van der Waals surface area contributed by atoms with E-state index in [9.17, 15) is 14.7 Å². The average molecular weight is 785 g/mol. The third-order valence-electron chi connectivity index (χ3n) is 10.6. The molecule has 1 unspecified atom stereocenters. The Hall–Kier alpha value is -2.14. The van der Waals surface area contributed by atoms with Gasteiger partial charge in [0.05, 0.1) is 6.61 Å². The zero-order valence-corrected chi connectivity index (χ0v) is 37.1. The maximum absolute atomic E-state index is 12.2. The topological polar surface area (TPSA) is 72.8 Å². The van der Waals surface area contributed by atoms with E-state index in [2.05, 4.69) is 62.5 Å². The average Bonchev–Trinajstić information content (AvgIpc) is 3.20. The van der Waals surface area contributed by atoms with E-state index in [0.717, 1.165) is 64.2 Å². The summed E-state index contributed by atoms with van der Waals surface area (Å²) in [4.78, 5) is 24.4. The Labute approximate surface area is 348 Å². The predicted molar refractivity (Wildman–Crippen MR) is 242 cm³/mol. The molecule has 0 amide bonds. The number of esters is 2. The third kappa shape index (κ3) is 44.6. The Kier molecular flexibility index (Phi) is 45.4. The van der Waals surface area contributed by atoms with E-state index in [4.69, 9.17) is 9.47 Å². The molecular formula is C51H92O5. The van der Waals surface area contributed by atoms with Crippen LogP contribution in [0.25, 0.3) is 0 Å². The van der Waals surface area contributed by atoms with Crippen LogP contribution in [-0.2, 0) is 19.1 Å². The third-order valence-corrected chi connectivity index (χ3v) is 10.6. The van der Waals surface area contributed by atoms with Gasteiger partial charge >= 0.3 is 11.9 Å². The minimum atomic E-state index is -0.768. The van der Waals surface area contributed by atoms with E-state index < -0.39 is 6.10 Å². The minimum absolute atomic E-state index is 0.0618. The molecule has 0 spiro atoms. The molecule has 1 atom stereocenters. The summed E-state index contributed by atoms with van der Waals surface area (Å²) in [6.07, 6.45) is 60.6. The molecule has 0 saturated carbocycles. The number of ether oxygens (including phenoxy) is 2. The molecule has 0 aromatic heterocycles. The van der Waals surface area contributed by atoms with Crippen LogP contribution < -0.4 is 0 Å². The first-order valence-electron chi connectivity index (χ1n) is 24.2. The van der Waals surface area contributed by atoms with Crippen LogP contribution in [0.15, 0.2) is 48.6 Å². The van der Waals surface area contributed by atoms with Crippen LogP contribution in [0.1, 0.15) is 245 Å². The van der Waals surface area contributed by atoms with Crippen LogP contribution in [0.2, 0.25) is 0 Å². The van der Waals surface area contributed by atoms with Gasteiger partial charge in [-0.25, -0.2) is 0 Å². The smallest absolute Gasteiger partial charge is 0.306 e. The predicted octanol–water partition coefficient (Wildman–Crippen LogP) is 15.7. The number of rotatable bonds is 44. The fourth-order valence-electron chi connectivity index (χ4n) is 7.02. The SMILES string of the molecule is CC/C=C\C/C=C\C/C=C\C/C=C\CCCCCCCCCCCCCCCCCCC(=O)OC(CO)COC(=O)CCCCCCCCCCCCCCC. The maximum atomic E-state index is 12.2. The molecule has 0 aliphatic carbocycles. The summed E-state index contributed by atoms with van der Waals surface area (Å²) in [5, 5.41) is 9.59. The van der Waals surface area contributed by atoms with E-state index in [1.165, 1.54) is 154 Å². The van der Waals surface area contributed by atoms with Crippen LogP contribution in [0.4, 0.5) is 0 Å². The van der Waals surface area contributed by atoms with Gasteiger partial charge in [-0.05, 0) is 51.4 Å². The number of unbranched alkanes of at least 4 members (excludes halogenated alkanes) is 28. The lowest BCUT2D eigenvalue weighted by Gasteiger charge is -2.15. The zero-order chi connectivity index (χ0) is 40.7. The van der Waals surface area contributed by atoms with Crippen molar-refractivity contribution in [1.29, 1.82) is 0 Å². The van der Waals surface area contributed by atoms with E-state index in [1.54, 1.807) is 0 Å². The Bertz CT molecular complexity index is 935. The van der Waals surface area contributed by atoms with Gasteiger partial charge in [0.15, 0.2) is 6.10 Å². The van der Waals surface area contributed by atoms with Gasteiger partial charge in [0, 0.05) is 12.8 Å². The molecule has 56 heavy (non-hydrogen) atoms. The summed E-state index contributed by atoms with van der Waals surface area (Å²) in [5.41, 5.74) is 0. The van der Waals surface area contributed by atoms with Crippen molar-refractivity contribution in [2.75, 3.05) is 13.2 Å². The molecule has 0 aromatic rings. The van der Waals surface area contributed by atoms with Gasteiger partial charge in [-0.2, -0.15) is 0 Å². The summed E-state index contributed by atoms with van der Waals surface area (Å²) in [7, 11) is 0. The lowest BCUT2D eigenvalue weighted by molar-refractivity contribution is -0.161. The first kappa shape index (κ1) is 53.9. The van der Waals surface area contributed by atoms with Crippen molar-refractivity contribution in [2.45, 2.75) is 251 Å². The molecule has 0 heterocycles. The zero-order valence-electron chi connectivity index (χ0n) is 37.1. The molecular weight excluding hydrogens is 693 g/mol. The summed E-state index contributed by atoms with van der Waals surface area (Å²) < 4.78 is 10.7. The van der Waals surface area contributed by atoms with Crippen LogP contribution in [-0.4, -0.2) is 36.4 Å². The molecule has 0 rings (SSSR count). The normalized spacial score (nSPS) is 12.6. The molecule has 0 bridgehead atoms. The van der Waals surface area contributed by atoms with Crippen molar-refractivity contribution >= 4 is 11.9 Å². The van der Waals surface area contributed by atoms with E-state index in [-0.39, 0.29) is 25.2 Å². The second-order valence-corrected chi connectivity index (χ2v) is 16.2. The molecule has 5 nitrogen and oxygen atoms in total. The highest BCUT2D eigenvalue weighted by Gasteiger charge is 2.16. The van der Waals surface area contributed by atoms with Crippen LogP contribution >= 0.6 is 0 Å². The molecule has 5 heteroatoms. The Morgan fingerprint density at radius 3 is 1.16 bits per heavy atom. The van der Waals surface area contributed by atoms with Gasteiger partial charge in [0.25, 0.3) is 0 Å². The van der Waals surface area contributed by atoms with Crippen LogP contribution in [0.3, 0.4) is 0 Å². The highest BCUT2D eigenvalue weighted by molar-refractivity contribution is 5.70. The summed E-state index contributed by atoms with van der Waals surface area (Å²) >= 11 is 0. The highest BCUT2D eigenvalue weighted by Crippen LogP contribution is 2.16. The lowest BCUT2D eigenvalue weighted by Crippen LogP contribution is -2.28. The number of aliphatic hydroxyl groups is 1. The van der Waals surface area contributed by atoms with Gasteiger partial charge in [-0.3, -0.25) is 9.59 Å². The monoisotopic (exact) mass is 785 g/mol. The van der Waals surface area contributed by atoms with Crippen molar-refractivity contribution in [3.8, 4) is 0 Å². The van der Waals surface area contributed by atoms with Crippen molar-refractivity contribution < 1.29 is 24.2 Å². The summed E-state index contributed by atoms with van der Waals surface area (Å²) in [5.74, 6) is -0.581. The number of aliphatic hydroxyl groups excluding tert-OH is 1. The number of hydrogen-bond acceptors (Lipinski definition) is 5. The quantitative estimate of drug-likeness (QED) is 0.0378. The Morgan fingerprint density at radius 2 is 0.768 bits per heavy atom. The molecule has 0 aliphatic heterocycles. The van der Waals surface area contributed by atoms with Gasteiger partial charge in [0.1, 0.15) is 6.61 Å². The van der Waals surface area contributed by atoms with Crippen LogP contribution in [0, 0.1) is 0 Å². The summed E-state index contributed by atoms with van der Waals surface area (Å²) in [6.45, 7) is 4.04. The number of carbonyl (C=O) groups excluding carboxylic acids is 2. The largest absolute Gasteiger partial charge is 0.462 e. The number of carbonyl (C=O) groups is 2. The summed E-state index contributed by atoms with van der Waals surface area (Å²) in [6, 6.07) is 0. The standard InChI is InChI=1S/C51H92O5/c1-3-5-7-9-11-13-15-17-18-19-20-21-22-23-24-25-26-27-28-29-30-31-32-34-36-38-40-42-44-46-51(54)56-49(47-52)48-55-50(53)45-43-41-39-37-35-33-16-14-12-10-8-6-4-2/h5,7,11,13,17-18,20-21,49,52H,3-4,6,8-10,12,14-16,19,22-48H2,1-2H3/b7-5-,13-11-,18-17-,21-20-. The van der Waals surface area contributed by atoms with Gasteiger partial charge in [-0.15, -0.1) is 0 Å². The van der Waals surface area contributed by atoms with E-state index >= 15 is 0 Å². The Balaban J connectivity index is 3.45. The number of hydrogen-bond donors (Lipinski definition) is 1. The molecule has 0 aliphatic rings. The van der Waals surface area contributed by atoms with Crippen molar-refractivity contribution in [3.05, 3.63) is 48.6 Å².